The van der Waals surface area contributed by atoms with Crippen LogP contribution in [-0.2, 0) is 11.3 Å². The van der Waals surface area contributed by atoms with E-state index in [1.54, 1.807) is 31.2 Å². The average Bonchev–Trinajstić information content (AvgIpc) is 2.96. The summed E-state index contributed by atoms with van der Waals surface area (Å²) in [4.78, 5) is 41.4. The topological polar surface area (TPSA) is 116 Å². The summed E-state index contributed by atoms with van der Waals surface area (Å²) in [6, 6.07) is 6.97. The summed E-state index contributed by atoms with van der Waals surface area (Å²) in [6.45, 7) is 5.31. The molecule has 0 saturated carbocycles. The van der Waals surface area contributed by atoms with Gasteiger partial charge in [0.15, 0.2) is 0 Å². The first-order chi connectivity index (χ1) is 13.3. The van der Waals surface area contributed by atoms with Crippen LogP contribution in [0.25, 0.3) is 10.2 Å². The van der Waals surface area contributed by atoms with Gasteiger partial charge in [-0.15, -0.1) is 11.3 Å². The van der Waals surface area contributed by atoms with Crippen LogP contribution in [0.1, 0.15) is 29.1 Å². The van der Waals surface area contributed by atoms with Crippen LogP contribution in [0.2, 0.25) is 0 Å². The standard InChI is InChI=1S/C19H20N4O4S/c1-10(2)27-13-6-4-12(5-7-13)22-14(24)8-23-9-21-18-15(19(23)26)11(3)16(28-18)17(20)25/h4-7,9-10H,8H2,1-3H3,(H2,20,25)(H,22,24). The highest BCUT2D eigenvalue weighted by molar-refractivity contribution is 7.20. The Balaban J connectivity index is 1.78. The van der Waals surface area contributed by atoms with Crippen molar-refractivity contribution in [3.05, 3.63) is 51.4 Å². The molecule has 0 aliphatic rings. The van der Waals surface area contributed by atoms with Gasteiger partial charge in [0.25, 0.3) is 11.5 Å². The Morgan fingerprint density at radius 1 is 1.29 bits per heavy atom. The number of carbonyl (C=O) groups is 2. The summed E-state index contributed by atoms with van der Waals surface area (Å²) >= 11 is 1.07. The predicted octanol–water partition coefficient (Wildman–Crippen LogP) is 2.29. The van der Waals surface area contributed by atoms with Gasteiger partial charge in [-0.1, -0.05) is 0 Å². The Labute approximate surface area is 165 Å². The highest BCUT2D eigenvalue weighted by Crippen LogP contribution is 2.26. The molecular formula is C19H20N4O4S. The number of primary amides is 1. The normalized spacial score (nSPS) is 11.0. The van der Waals surface area contributed by atoms with E-state index in [-0.39, 0.29) is 24.1 Å². The van der Waals surface area contributed by atoms with Crippen molar-refractivity contribution in [2.45, 2.75) is 33.4 Å². The zero-order chi connectivity index (χ0) is 20.4. The molecule has 3 N–H and O–H groups in total. The van der Waals surface area contributed by atoms with Gasteiger partial charge in [-0.2, -0.15) is 0 Å². The van der Waals surface area contributed by atoms with E-state index in [1.807, 2.05) is 13.8 Å². The van der Waals surface area contributed by atoms with Crippen LogP contribution in [0, 0.1) is 6.92 Å². The second kappa shape index (κ2) is 7.81. The summed E-state index contributed by atoms with van der Waals surface area (Å²) in [5.41, 5.74) is 6.02. The van der Waals surface area contributed by atoms with Crippen LogP contribution >= 0.6 is 11.3 Å². The van der Waals surface area contributed by atoms with Gasteiger partial charge in [0.1, 0.15) is 17.1 Å². The molecule has 1 aromatic carbocycles. The van der Waals surface area contributed by atoms with Gasteiger partial charge in [-0.25, -0.2) is 4.98 Å². The van der Waals surface area contributed by atoms with E-state index in [1.165, 1.54) is 10.9 Å². The number of nitrogens with two attached hydrogens (primary N) is 1. The number of thiophene rings is 1. The van der Waals surface area contributed by atoms with Crippen molar-refractivity contribution in [3.8, 4) is 5.75 Å². The maximum absolute atomic E-state index is 12.7. The van der Waals surface area contributed by atoms with E-state index in [4.69, 9.17) is 10.5 Å². The smallest absolute Gasteiger partial charge is 0.262 e. The number of carbonyl (C=O) groups excluding carboxylic acids is 2. The number of hydrogen-bond donors (Lipinski definition) is 2. The molecule has 0 saturated heterocycles. The van der Waals surface area contributed by atoms with Crippen molar-refractivity contribution in [2.24, 2.45) is 5.73 Å². The molecule has 2 aromatic heterocycles. The zero-order valence-corrected chi connectivity index (χ0v) is 16.5. The number of nitrogens with one attached hydrogen (secondary N) is 1. The van der Waals surface area contributed by atoms with Gasteiger partial charge in [0, 0.05) is 5.69 Å². The first-order valence-corrected chi connectivity index (χ1v) is 9.43. The number of nitrogens with zero attached hydrogens (tertiary/aromatic N) is 2. The number of aromatic nitrogens is 2. The van der Waals surface area contributed by atoms with Crippen LogP contribution in [0.15, 0.2) is 35.4 Å². The number of aryl methyl sites for hydroxylation is 1. The first kappa shape index (κ1) is 19.6. The van der Waals surface area contributed by atoms with E-state index >= 15 is 0 Å². The second-order valence-corrected chi connectivity index (χ2v) is 7.52. The van der Waals surface area contributed by atoms with Crippen molar-refractivity contribution < 1.29 is 14.3 Å². The molecule has 28 heavy (non-hydrogen) atoms. The lowest BCUT2D eigenvalue weighted by Gasteiger charge is -2.11. The highest BCUT2D eigenvalue weighted by Gasteiger charge is 2.18. The lowest BCUT2D eigenvalue weighted by molar-refractivity contribution is -0.116. The molecule has 0 aliphatic heterocycles. The van der Waals surface area contributed by atoms with Crippen LogP contribution in [0.3, 0.4) is 0 Å². The minimum Gasteiger partial charge on any atom is -0.491 e. The van der Waals surface area contributed by atoms with Gasteiger partial charge in [0.2, 0.25) is 5.91 Å². The van der Waals surface area contributed by atoms with E-state index < -0.39 is 5.91 Å². The number of fused-ring (bicyclic) bond motifs is 1. The third-order valence-electron chi connectivity index (χ3n) is 3.96. The molecule has 0 unspecified atom stereocenters. The molecule has 0 radical (unpaired) electrons. The summed E-state index contributed by atoms with van der Waals surface area (Å²) < 4.78 is 6.76. The molecule has 0 aliphatic carbocycles. The molecule has 0 atom stereocenters. The van der Waals surface area contributed by atoms with E-state index in [2.05, 4.69) is 10.3 Å². The number of rotatable bonds is 6. The maximum atomic E-state index is 12.7. The Hall–Kier alpha value is -3.20. The quantitative estimate of drug-likeness (QED) is 0.658. The molecule has 2 heterocycles. The SMILES string of the molecule is Cc1c(C(N)=O)sc2ncn(CC(=O)Nc3ccc(OC(C)C)cc3)c(=O)c12. The van der Waals surface area contributed by atoms with Crippen molar-refractivity contribution in [1.82, 2.24) is 9.55 Å². The van der Waals surface area contributed by atoms with Crippen LogP contribution in [0.5, 0.6) is 5.75 Å². The van der Waals surface area contributed by atoms with Crippen LogP contribution < -0.4 is 21.3 Å². The van der Waals surface area contributed by atoms with Gasteiger partial charge in [-0.3, -0.25) is 19.0 Å². The Morgan fingerprint density at radius 2 is 1.96 bits per heavy atom. The molecule has 3 aromatic rings. The van der Waals surface area contributed by atoms with Gasteiger partial charge in [-0.05, 0) is 50.6 Å². The number of anilines is 1. The summed E-state index contributed by atoms with van der Waals surface area (Å²) in [6.07, 6.45) is 1.36. The van der Waals surface area contributed by atoms with Crippen LogP contribution in [-0.4, -0.2) is 27.5 Å². The van der Waals surface area contributed by atoms with Gasteiger partial charge < -0.3 is 15.8 Å². The third-order valence-corrected chi connectivity index (χ3v) is 5.18. The number of hydrogen-bond acceptors (Lipinski definition) is 6. The fourth-order valence-corrected chi connectivity index (χ4v) is 3.74. The lowest BCUT2D eigenvalue weighted by Crippen LogP contribution is -2.28. The van der Waals surface area contributed by atoms with E-state index in [9.17, 15) is 14.4 Å². The van der Waals surface area contributed by atoms with Crippen molar-refractivity contribution in [2.75, 3.05) is 5.32 Å². The first-order valence-electron chi connectivity index (χ1n) is 8.61. The van der Waals surface area contributed by atoms with Crippen molar-refractivity contribution in [3.63, 3.8) is 0 Å². The molecule has 2 amide bonds. The molecule has 0 bridgehead atoms. The second-order valence-electron chi connectivity index (χ2n) is 6.52. The molecule has 0 fully saturated rings. The predicted molar refractivity (Wildman–Crippen MR) is 108 cm³/mol. The fourth-order valence-electron chi connectivity index (χ4n) is 2.75. The minimum atomic E-state index is -0.603. The summed E-state index contributed by atoms with van der Waals surface area (Å²) in [7, 11) is 0. The lowest BCUT2D eigenvalue weighted by atomic mass is 10.2. The van der Waals surface area contributed by atoms with Gasteiger partial charge >= 0.3 is 0 Å². The molecule has 8 nitrogen and oxygen atoms in total. The molecule has 0 spiro atoms. The van der Waals surface area contributed by atoms with Crippen LogP contribution in [0.4, 0.5) is 5.69 Å². The third kappa shape index (κ3) is 4.04. The largest absolute Gasteiger partial charge is 0.491 e. The maximum Gasteiger partial charge on any atom is 0.262 e. The van der Waals surface area contributed by atoms with E-state index in [0.717, 1.165) is 11.3 Å². The monoisotopic (exact) mass is 400 g/mol. The fraction of sp³-hybridized carbons (Fsp3) is 0.263. The molecule has 146 valence electrons. The van der Waals surface area contributed by atoms with E-state index in [0.29, 0.717) is 32.1 Å². The summed E-state index contributed by atoms with van der Waals surface area (Å²) in [5.74, 6) is -0.269. The molecular weight excluding hydrogens is 380 g/mol. The molecule has 3 rings (SSSR count). The van der Waals surface area contributed by atoms with Crippen molar-refractivity contribution >= 4 is 39.1 Å². The van der Waals surface area contributed by atoms with Gasteiger partial charge in [0.05, 0.1) is 22.7 Å². The number of benzene rings is 1. The zero-order valence-electron chi connectivity index (χ0n) is 15.7. The molecule has 9 heteroatoms. The number of amides is 2. The van der Waals surface area contributed by atoms with Crippen molar-refractivity contribution in [1.29, 1.82) is 0 Å². The summed E-state index contributed by atoms with van der Waals surface area (Å²) in [5, 5.41) is 3.04. The average molecular weight is 400 g/mol. The Bertz CT molecular complexity index is 1100. The number of ether oxygens (including phenoxy) is 1. The highest BCUT2D eigenvalue weighted by atomic mass is 32.1. The Morgan fingerprint density at radius 3 is 2.57 bits per heavy atom. The minimum absolute atomic E-state index is 0.0605. The Kier molecular flexibility index (Phi) is 5.46.